The number of aromatic nitrogens is 2. The van der Waals surface area contributed by atoms with Gasteiger partial charge in [-0.3, -0.25) is 5.43 Å². The number of nitrogen functional groups attached to an aromatic ring is 1. The number of hydrazine groups is 1. The third-order valence-electron chi connectivity index (χ3n) is 3.04. The molecule has 1 aromatic heterocycles. The van der Waals surface area contributed by atoms with Crippen LogP contribution < -0.4 is 16.0 Å². The molecule has 1 unspecified atom stereocenters. The molecule has 0 spiro atoms. The first kappa shape index (κ1) is 13.3. The van der Waals surface area contributed by atoms with E-state index < -0.39 is 0 Å². The molecule has 1 aromatic carbocycles. The molecular weight excluding hydrogens is 240 g/mol. The Morgan fingerprint density at radius 1 is 1.32 bits per heavy atom. The van der Waals surface area contributed by atoms with Crippen LogP contribution in [0.3, 0.4) is 0 Å². The first-order chi connectivity index (χ1) is 9.24. The molecule has 0 saturated carbocycles. The number of ether oxygens (including phenoxy) is 1. The molecule has 100 valence electrons. The van der Waals surface area contributed by atoms with Crippen molar-refractivity contribution >= 4 is 5.95 Å². The lowest BCUT2D eigenvalue weighted by atomic mass is 9.98. The van der Waals surface area contributed by atoms with Gasteiger partial charge < -0.3 is 4.74 Å². The molecule has 2 aromatic rings. The van der Waals surface area contributed by atoms with Gasteiger partial charge in [0.1, 0.15) is 5.75 Å². The van der Waals surface area contributed by atoms with Crippen LogP contribution >= 0.6 is 0 Å². The first-order valence-electron chi connectivity index (χ1n) is 6.31. The number of anilines is 1. The molecule has 0 aliphatic carbocycles. The van der Waals surface area contributed by atoms with Crippen molar-refractivity contribution in [2.24, 2.45) is 5.84 Å². The zero-order chi connectivity index (χ0) is 13.7. The molecule has 1 atom stereocenters. The number of nitrogens with one attached hydrogen (secondary N) is 1. The molecule has 3 N–H and O–H groups in total. The molecule has 0 fully saturated rings. The SMILES string of the molecule is CCC(C)c1ccccc1Oc1ccnc(NN)n1. The molecular formula is C14H18N4O. The summed E-state index contributed by atoms with van der Waals surface area (Å²) in [4.78, 5) is 8.09. The predicted molar refractivity (Wildman–Crippen MR) is 75.1 cm³/mol. The summed E-state index contributed by atoms with van der Waals surface area (Å²) in [5.41, 5.74) is 3.57. The van der Waals surface area contributed by atoms with Crippen LogP contribution in [0.15, 0.2) is 36.5 Å². The lowest BCUT2D eigenvalue weighted by molar-refractivity contribution is 0.451. The van der Waals surface area contributed by atoms with Crippen LogP contribution in [0.25, 0.3) is 0 Å². The Balaban J connectivity index is 2.27. The Hall–Kier alpha value is -2.14. The molecule has 0 radical (unpaired) electrons. The van der Waals surface area contributed by atoms with Gasteiger partial charge in [0, 0.05) is 12.3 Å². The smallest absolute Gasteiger partial charge is 0.240 e. The third kappa shape index (κ3) is 3.20. The molecule has 0 aliphatic rings. The van der Waals surface area contributed by atoms with E-state index >= 15 is 0 Å². The minimum atomic E-state index is 0.332. The zero-order valence-corrected chi connectivity index (χ0v) is 11.1. The van der Waals surface area contributed by atoms with E-state index in [0.29, 0.717) is 17.7 Å². The monoisotopic (exact) mass is 258 g/mol. The molecule has 0 aliphatic heterocycles. The van der Waals surface area contributed by atoms with E-state index in [1.165, 1.54) is 5.56 Å². The fourth-order valence-corrected chi connectivity index (χ4v) is 1.78. The number of hydrogen-bond donors (Lipinski definition) is 2. The van der Waals surface area contributed by atoms with E-state index in [1.54, 1.807) is 12.3 Å². The number of para-hydroxylation sites is 1. The summed E-state index contributed by atoms with van der Waals surface area (Å²) in [6.07, 6.45) is 2.66. The predicted octanol–water partition coefficient (Wildman–Crippen LogP) is 3.07. The van der Waals surface area contributed by atoms with E-state index in [2.05, 4.69) is 35.3 Å². The highest BCUT2D eigenvalue weighted by molar-refractivity contribution is 5.39. The van der Waals surface area contributed by atoms with Gasteiger partial charge in [0.15, 0.2) is 0 Å². The normalized spacial score (nSPS) is 11.9. The molecule has 0 saturated heterocycles. The van der Waals surface area contributed by atoms with Gasteiger partial charge in [-0.2, -0.15) is 4.98 Å². The summed E-state index contributed by atoms with van der Waals surface area (Å²) in [7, 11) is 0. The standard InChI is InChI=1S/C14H18N4O/c1-3-10(2)11-6-4-5-7-12(11)19-13-8-9-16-14(17-13)18-15/h4-10H,3,15H2,1-2H3,(H,16,17,18). The fourth-order valence-electron chi connectivity index (χ4n) is 1.78. The molecule has 5 nitrogen and oxygen atoms in total. The minimum Gasteiger partial charge on any atom is -0.439 e. The summed E-state index contributed by atoms with van der Waals surface area (Å²) < 4.78 is 5.83. The highest BCUT2D eigenvalue weighted by Gasteiger charge is 2.11. The number of nitrogens with zero attached hydrogens (tertiary/aromatic N) is 2. The summed E-state index contributed by atoms with van der Waals surface area (Å²) >= 11 is 0. The van der Waals surface area contributed by atoms with Crippen LogP contribution in [0.5, 0.6) is 11.6 Å². The minimum absolute atomic E-state index is 0.332. The van der Waals surface area contributed by atoms with Gasteiger partial charge in [0.05, 0.1) is 0 Å². The second-order valence-electron chi connectivity index (χ2n) is 4.31. The van der Waals surface area contributed by atoms with Crippen molar-refractivity contribution in [3.63, 3.8) is 0 Å². The van der Waals surface area contributed by atoms with Crippen LogP contribution in [-0.4, -0.2) is 9.97 Å². The van der Waals surface area contributed by atoms with Crippen molar-refractivity contribution in [1.82, 2.24) is 9.97 Å². The van der Waals surface area contributed by atoms with Crippen LogP contribution in [-0.2, 0) is 0 Å². The molecule has 2 rings (SSSR count). The van der Waals surface area contributed by atoms with Crippen molar-refractivity contribution in [2.45, 2.75) is 26.2 Å². The van der Waals surface area contributed by atoms with Crippen molar-refractivity contribution in [2.75, 3.05) is 5.43 Å². The molecule has 0 amide bonds. The van der Waals surface area contributed by atoms with Gasteiger partial charge in [-0.05, 0) is 24.0 Å². The van der Waals surface area contributed by atoms with Crippen molar-refractivity contribution in [3.8, 4) is 11.6 Å². The van der Waals surface area contributed by atoms with Gasteiger partial charge in [-0.1, -0.05) is 32.0 Å². The van der Waals surface area contributed by atoms with Gasteiger partial charge in [-0.25, -0.2) is 10.8 Å². The second-order valence-corrected chi connectivity index (χ2v) is 4.31. The lowest BCUT2D eigenvalue weighted by Crippen LogP contribution is -2.10. The Bertz CT molecular complexity index is 544. The number of nitrogens with two attached hydrogens (primary N) is 1. The first-order valence-corrected chi connectivity index (χ1v) is 6.31. The number of benzene rings is 1. The maximum absolute atomic E-state index is 5.83. The van der Waals surface area contributed by atoms with E-state index in [4.69, 9.17) is 10.6 Å². The van der Waals surface area contributed by atoms with E-state index in [0.717, 1.165) is 12.2 Å². The molecule has 1 heterocycles. The average Bonchev–Trinajstić information content (AvgIpc) is 2.47. The topological polar surface area (TPSA) is 73.1 Å². The molecule has 5 heteroatoms. The van der Waals surface area contributed by atoms with E-state index in [9.17, 15) is 0 Å². The van der Waals surface area contributed by atoms with Crippen molar-refractivity contribution in [3.05, 3.63) is 42.1 Å². The Morgan fingerprint density at radius 2 is 2.11 bits per heavy atom. The highest BCUT2D eigenvalue weighted by Crippen LogP contribution is 2.31. The largest absolute Gasteiger partial charge is 0.439 e. The summed E-state index contributed by atoms with van der Waals surface area (Å²) in [6.45, 7) is 4.33. The van der Waals surface area contributed by atoms with Crippen LogP contribution in [0.2, 0.25) is 0 Å². The maximum Gasteiger partial charge on any atom is 0.240 e. The van der Waals surface area contributed by atoms with Crippen LogP contribution in [0.1, 0.15) is 31.7 Å². The Kier molecular flexibility index (Phi) is 4.30. The van der Waals surface area contributed by atoms with Crippen molar-refractivity contribution < 1.29 is 4.74 Å². The highest BCUT2D eigenvalue weighted by atomic mass is 16.5. The van der Waals surface area contributed by atoms with Gasteiger partial charge in [-0.15, -0.1) is 0 Å². The fraction of sp³-hybridized carbons (Fsp3) is 0.286. The summed E-state index contributed by atoms with van der Waals surface area (Å²) in [5.74, 6) is 7.34. The Labute approximate surface area is 112 Å². The van der Waals surface area contributed by atoms with Gasteiger partial charge in [0.2, 0.25) is 11.8 Å². The van der Waals surface area contributed by atoms with E-state index in [1.807, 2.05) is 18.2 Å². The van der Waals surface area contributed by atoms with E-state index in [-0.39, 0.29) is 0 Å². The average molecular weight is 258 g/mol. The van der Waals surface area contributed by atoms with Crippen LogP contribution in [0.4, 0.5) is 5.95 Å². The van der Waals surface area contributed by atoms with Gasteiger partial charge >= 0.3 is 0 Å². The molecule has 0 bridgehead atoms. The third-order valence-corrected chi connectivity index (χ3v) is 3.04. The molecule has 19 heavy (non-hydrogen) atoms. The van der Waals surface area contributed by atoms with Crippen LogP contribution in [0, 0.1) is 0 Å². The Morgan fingerprint density at radius 3 is 2.84 bits per heavy atom. The summed E-state index contributed by atoms with van der Waals surface area (Å²) in [5, 5.41) is 0. The summed E-state index contributed by atoms with van der Waals surface area (Å²) in [6, 6.07) is 9.69. The zero-order valence-electron chi connectivity index (χ0n) is 11.1. The van der Waals surface area contributed by atoms with Gasteiger partial charge in [0.25, 0.3) is 0 Å². The quantitative estimate of drug-likeness (QED) is 0.637. The lowest BCUT2D eigenvalue weighted by Gasteiger charge is -2.14. The maximum atomic E-state index is 5.83. The number of hydrogen-bond acceptors (Lipinski definition) is 5. The second kappa shape index (κ2) is 6.15. The van der Waals surface area contributed by atoms with Crippen molar-refractivity contribution in [1.29, 1.82) is 0 Å². The number of rotatable bonds is 5.